The van der Waals surface area contributed by atoms with Crippen LogP contribution in [0.15, 0.2) is 51.9 Å². The van der Waals surface area contributed by atoms with Gasteiger partial charge in [-0.15, -0.1) is 0 Å². The lowest BCUT2D eigenvalue weighted by molar-refractivity contribution is -0.122. The number of nitrogens with zero attached hydrogens (tertiary/aromatic N) is 3. The minimum absolute atomic E-state index is 0.0596. The maximum absolute atomic E-state index is 12.7. The fraction of sp³-hybridized carbons (Fsp3) is 0.300. The van der Waals surface area contributed by atoms with Crippen LogP contribution in [0.2, 0.25) is 0 Å². The highest BCUT2D eigenvalue weighted by atomic mass is 16.5. The van der Waals surface area contributed by atoms with Crippen LogP contribution in [0.3, 0.4) is 0 Å². The van der Waals surface area contributed by atoms with Crippen molar-refractivity contribution in [3.8, 4) is 22.8 Å². The Hall–Kier alpha value is -3.22. The standard InChI is InChI=1S/C20H22N4O3/c1-4-14(3)21-17(25)12-24-11-5-6-16(20(24)26)19-22-18(23-27-19)15-9-7-13(2)8-10-15/h5-11,14H,4,12H2,1-3H3,(H,21,25)/t14-/m1/s1. The molecular formula is C20H22N4O3. The van der Waals surface area contributed by atoms with Gasteiger partial charge in [0.1, 0.15) is 12.1 Å². The Balaban J connectivity index is 1.85. The number of carbonyl (C=O) groups excluding carboxylic acids is 1. The fourth-order valence-corrected chi connectivity index (χ4v) is 2.55. The van der Waals surface area contributed by atoms with Gasteiger partial charge < -0.3 is 14.4 Å². The van der Waals surface area contributed by atoms with Crippen LogP contribution >= 0.6 is 0 Å². The third-order valence-corrected chi connectivity index (χ3v) is 4.32. The van der Waals surface area contributed by atoms with E-state index in [2.05, 4.69) is 15.5 Å². The molecule has 3 rings (SSSR count). The van der Waals surface area contributed by atoms with Crippen molar-refractivity contribution < 1.29 is 9.32 Å². The molecule has 0 unspecified atom stereocenters. The number of nitrogens with one attached hydrogen (secondary N) is 1. The second-order valence-corrected chi connectivity index (χ2v) is 6.52. The minimum Gasteiger partial charge on any atom is -0.352 e. The molecular weight excluding hydrogens is 344 g/mol. The summed E-state index contributed by atoms with van der Waals surface area (Å²) in [6.45, 7) is 5.84. The Labute approximate surface area is 157 Å². The smallest absolute Gasteiger partial charge is 0.263 e. The van der Waals surface area contributed by atoms with E-state index < -0.39 is 0 Å². The van der Waals surface area contributed by atoms with E-state index in [1.54, 1.807) is 18.3 Å². The van der Waals surface area contributed by atoms with E-state index in [0.717, 1.165) is 17.5 Å². The number of hydrogen-bond acceptors (Lipinski definition) is 5. The number of aryl methyl sites for hydroxylation is 1. The van der Waals surface area contributed by atoms with Gasteiger partial charge in [-0.1, -0.05) is 41.9 Å². The molecule has 0 fully saturated rings. The monoisotopic (exact) mass is 366 g/mol. The summed E-state index contributed by atoms with van der Waals surface area (Å²) in [5, 5.41) is 6.81. The maximum atomic E-state index is 12.7. The Morgan fingerprint density at radius 1 is 1.26 bits per heavy atom. The lowest BCUT2D eigenvalue weighted by atomic mass is 10.1. The first-order chi connectivity index (χ1) is 13.0. The van der Waals surface area contributed by atoms with E-state index in [1.807, 2.05) is 45.0 Å². The predicted octanol–water partition coefficient (Wildman–Crippen LogP) is 2.79. The van der Waals surface area contributed by atoms with Crippen LogP contribution in [0.4, 0.5) is 0 Å². The average Bonchev–Trinajstić information content (AvgIpc) is 3.13. The summed E-state index contributed by atoms with van der Waals surface area (Å²) >= 11 is 0. The number of aromatic nitrogens is 3. The molecule has 3 aromatic rings. The molecule has 1 aromatic carbocycles. The summed E-state index contributed by atoms with van der Waals surface area (Å²) in [6.07, 6.45) is 2.39. The lowest BCUT2D eigenvalue weighted by Gasteiger charge is -2.12. The summed E-state index contributed by atoms with van der Waals surface area (Å²) in [4.78, 5) is 29.1. The van der Waals surface area contributed by atoms with Gasteiger partial charge in [0.15, 0.2) is 0 Å². The molecule has 0 bridgehead atoms. The first-order valence-electron chi connectivity index (χ1n) is 8.88. The van der Waals surface area contributed by atoms with E-state index in [9.17, 15) is 9.59 Å². The first-order valence-corrected chi connectivity index (χ1v) is 8.88. The van der Waals surface area contributed by atoms with Crippen LogP contribution in [0.25, 0.3) is 22.8 Å². The van der Waals surface area contributed by atoms with E-state index in [-0.39, 0.29) is 35.5 Å². The second-order valence-electron chi connectivity index (χ2n) is 6.52. The summed E-state index contributed by atoms with van der Waals surface area (Å²) in [5.74, 6) is 0.330. The molecule has 27 heavy (non-hydrogen) atoms. The van der Waals surface area contributed by atoms with Crippen molar-refractivity contribution in [2.75, 3.05) is 0 Å². The Morgan fingerprint density at radius 3 is 2.70 bits per heavy atom. The van der Waals surface area contributed by atoms with Gasteiger partial charge in [0, 0.05) is 17.8 Å². The normalized spacial score (nSPS) is 12.0. The van der Waals surface area contributed by atoms with Gasteiger partial charge >= 0.3 is 0 Å². The van der Waals surface area contributed by atoms with E-state index >= 15 is 0 Å². The van der Waals surface area contributed by atoms with E-state index in [4.69, 9.17) is 4.52 Å². The maximum Gasteiger partial charge on any atom is 0.263 e. The highest BCUT2D eigenvalue weighted by Crippen LogP contribution is 2.20. The molecule has 140 valence electrons. The summed E-state index contributed by atoms with van der Waals surface area (Å²) in [5.41, 5.74) is 1.85. The molecule has 0 radical (unpaired) electrons. The SMILES string of the molecule is CC[C@@H](C)NC(=O)Cn1cccc(-c2nc(-c3ccc(C)cc3)no2)c1=O. The van der Waals surface area contributed by atoms with Crippen molar-refractivity contribution in [3.63, 3.8) is 0 Å². The number of hydrogen-bond donors (Lipinski definition) is 1. The summed E-state index contributed by atoms with van der Waals surface area (Å²) in [6, 6.07) is 11.1. The van der Waals surface area contributed by atoms with Crippen LogP contribution < -0.4 is 10.9 Å². The summed E-state index contributed by atoms with van der Waals surface area (Å²) < 4.78 is 6.62. The van der Waals surface area contributed by atoms with Gasteiger partial charge in [0.2, 0.25) is 11.7 Å². The highest BCUT2D eigenvalue weighted by Gasteiger charge is 2.16. The van der Waals surface area contributed by atoms with Crippen molar-refractivity contribution in [3.05, 3.63) is 58.5 Å². The minimum atomic E-state index is -0.351. The molecule has 0 spiro atoms. The van der Waals surface area contributed by atoms with Crippen LogP contribution in [-0.2, 0) is 11.3 Å². The van der Waals surface area contributed by atoms with Crippen molar-refractivity contribution in [1.29, 1.82) is 0 Å². The molecule has 2 aromatic heterocycles. The molecule has 0 aliphatic heterocycles. The number of carbonyl (C=O) groups is 1. The number of rotatable bonds is 6. The first kappa shape index (κ1) is 18.6. The Morgan fingerprint density at radius 2 is 2.00 bits per heavy atom. The topological polar surface area (TPSA) is 90.0 Å². The van der Waals surface area contributed by atoms with Gasteiger partial charge in [0.05, 0.1) is 0 Å². The zero-order valence-electron chi connectivity index (χ0n) is 15.6. The van der Waals surface area contributed by atoms with Gasteiger partial charge in [-0.2, -0.15) is 4.98 Å². The van der Waals surface area contributed by atoms with E-state index in [0.29, 0.717) is 5.82 Å². The number of amides is 1. The van der Waals surface area contributed by atoms with Crippen molar-refractivity contribution in [1.82, 2.24) is 20.0 Å². The van der Waals surface area contributed by atoms with Gasteiger partial charge in [-0.3, -0.25) is 9.59 Å². The Kier molecular flexibility index (Phi) is 5.49. The molecule has 2 heterocycles. The van der Waals surface area contributed by atoms with Gasteiger partial charge in [-0.25, -0.2) is 0 Å². The fourth-order valence-electron chi connectivity index (χ4n) is 2.55. The van der Waals surface area contributed by atoms with Crippen molar-refractivity contribution in [2.45, 2.75) is 39.8 Å². The third-order valence-electron chi connectivity index (χ3n) is 4.32. The largest absolute Gasteiger partial charge is 0.352 e. The predicted molar refractivity (Wildman–Crippen MR) is 102 cm³/mol. The van der Waals surface area contributed by atoms with Crippen molar-refractivity contribution in [2.24, 2.45) is 0 Å². The molecule has 0 aliphatic carbocycles. The van der Waals surface area contributed by atoms with E-state index in [1.165, 1.54) is 4.57 Å². The molecule has 0 aliphatic rings. The van der Waals surface area contributed by atoms with Crippen LogP contribution in [0.1, 0.15) is 25.8 Å². The molecule has 1 atom stereocenters. The average molecular weight is 366 g/mol. The third kappa shape index (κ3) is 4.31. The molecule has 1 amide bonds. The number of benzene rings is 1. The van der Waals surface area contributed by atoms with Gasteiger partial charge in [-0.05, 0) is 32.4 Å². The van der Waals surface area contributed by atoms with Crippen LogP contribution in [0, 0.1) is 6.92 Å². The van der Waals surface area contributed by atoms with Crippen LogP contribution in [0.5, 0.6) is 0 Å². The summed E-state index contributed by atoms with van der Waals surface area (Å²) in [7, 11) is 0. The zero-order chi connectivity index (χ0) is 19.4. The molecule has 1 N–H and O–H groups in total. The highest BCUT2D eigenvalue weighted by molar-refractivity contribution is 5.76. The number of pyridine rings is 1. The van der Waals surface area contributed by atoms with Gasteiger partial charge in [0.25, 0.3) is 11.4 Å². The van der Waals surface area contributed by atoms with Crippen LogP contribution in [-0.4, -0.2) is 26.7 Å². The second kappa shape index (κ2) is 7.99. The lowest BCUT2D eigenvalue weighted by Crippen LogP contribution is -2.37. The molecule has 0 saturated carbocycles. The molecule has 7 heteroatoms. The Bertz CT molecular complexity index is 989. The van der Waals surface area contributed by atoms with Crippen molar-refractivity contribution >= 4 is 5.91 Å². The quantitative estimate of drug-likeness (QED) is 0.724. The molecule has 7 nitrogen and oxygen atoms in total. The zero-order valence-corrected chi connectivity index (χ0v) is 15.6. The molecule has 0 saturated heterocycles.